The average molecular weight is 442 g/mol. The molecule has 0 saturated carbocycles. The summed E-state index contributed by atoms with van der Waals surface area (Å²) in [5, 5.41) is 11.2. The van der Waals surface area contributed by atoms with Crippen molar-refractivity contribution in [1.29, 1.82) is 0 Å². The lowest BCUT2D eigenvalue weighted by atomic mass is 10.2. The molecule has 0 atom stereocenters. The molecule has 8 heteroatoms. The van der Waals surface area contributed by atoms with Gasteiger partial charge in [0, 0.05) is 15.4 Å². The predicted molar refractivity (Wildman–Crippen MR) is 111 cm³/mol. The van der Waals surface area contributed by atoms with Crippen LogP contribution in [0, 0.1) is 0 Å². The summed E-state index contributed by atoms with van der Waals surface area (Å²) in [6.45, 7) is 2.58. The molecular formula is C19H16BrN5OS. The fourth-order valence-corrected chi connectivity index (χ4v) is 3.70. The zero-order valence-electron chi connectivity index (χ0n) is 14.5. The standard InChI is InChI=1S/C19H16BrN5OS/c1-2-26-15-9-7-14(8-10-15)25-18(21)17(23-24-25)19-22-16(11-27-19)12-3-5-13(20)6-4-12/h3-11H,2,21H2,1H3. The summed E-state index contributed by atoms with van der Waals surface area (Å²) >= 11 is 4.94. The van der Waals surface area contributed by atoms with Crippen molar-refractivity contribution in [3.8, 4) is 33.4 Å². The highest BCUT2D eigenvalue weighted by Crippen LogP contribution is 2.32. The number of anilines is 1. The van der Waals surface area contributed by atoms with E-state index in [2.05, 4.69) is 31.2 Å². The van der Waals surface area contributed by atoms with Crippen molar-refractivity contribution in [2.75, 3.05) is 12.3 Å². The van der Waals surface area contributed by atoms with Gasteiger partial charge in [-0.05, 0) is 43.3 Å². The van der Waals surface area contributed by atoms with Gasteiger partial charge >= 0.3 is 0 Å². The van der Waals surface area contributed by atoms with Crippen LogP contribution >= 0.6 is 27.3 Å². The van der Waals surface area contributed by atoms with Gasteiger partial charge in [0.1, 0.15) is 10.8 Å². The van der Waals surface area contributed by atoms with Gasteiger partial charge in [0.15, 0.2) is 11.5 Å². The molecule has 136 valence electrons. The molecule has 0 aliphatic carbocycles. The molecule has 0 bridgehead atoms. The number of rotatable bonds is 5. The van der Waals surface area contributed by atoms with E-state index in [1.807, 2.05) is 60.8 Å². The Labute approximate surface area is 168 Å². The maximum Gasteiger partial charge on any atom is 0.165 e. The van der Waals surface area contributed by atoms with E-state index >= 15 is 0 Å². The van der Waals surface area contributed by atoms with Gasteiger partial charge < -0.3 is 10.5 Å². The Balaban J connectivity index is 1.63. The van der Waals surface area contributed by atoms with Crippen molar-refractivity contribution in [2.45, 2.75) is 6.92 Å². The lowest BCUT2D eigenvalue weighted by Gasteiger charge is -2.05. The summed E-state index contributed by atoms with van der Waals surface area (Å²) in [5.74, 6) is 1.26. The maximum absolute atomic E-state index is 6.30. The number of aromatic nitrogens is 4. The Morgan fingerprint density at radius 1 is 1.11 bits per heavy atom. The number of benzene rings is 2. The van der Waals surface area contributed by atoms with Crippen molar-refractivity contribution in [1.82, 2.24) is 20.0 Å². The number of nitrogens with two attached hydrogens (primary N) is 1. The van der Waals surface area contributed by atoms with Gasteiger partial charge in [-0.2, -0.15) is 4.68 Å². The second-order valence-electron chi connectivity index (χ2n) is 5.71. The van der Waals surface area contributed by atoms with E-state index in [0.29, 0.717) is 18.1 Å². The number of hydrogen-bond donors (Lipinski definition) is 1. The fourth-order valence-electron chi connectivity index (χ4n) is 2.62. The van der Waals surface area contributed by atoms with Gasteiger partial charge in [-0.3, -0.25) is 0 Å². The van der Waals surface area contributed by atoms with Gasteiger partial charge in [0.05, 0.1) is 18.0 Å². The molecule has 0 spiro atoms. The molecule has 0 aliphatic heterocycles. The third-order valence-corrected chi connectivity index (χ3v) is 5.32. The lowest BCUT2D eigenvalue weighted by molar-refractivity contribution is 0.340. The van der Waals surface area contributed by atoms with Crippen molar-refractivity contribution < 1.29 is 4.74 Å². The molecule has 2 heterocycles. The number of nitrogen functional groups attached to an aromatic ring is 1. The van der Waals surface area contributed by atoms with Gasteiger partial charge in [-0.25, -0.2) is 4.98 Å². The molecule has 0 radical (unpaired) electrons. The maximum atomic E-state index is 6.30. The number of thiazole rings is 1. The summed E-state index contributed by atoms with van der Waals surface area (Å²) in [6, 6.07) is 15.6. The summed E-state index contributed by atoms with van der Waals surface area (Å²) in [5.41, 5.74) is 9.63. The highest BCUT2D eigenvalue weighted by Gasteiger charge is 2.17. The second kappa shape index (κ2) is 7.50. The van der Waals surface area contributed by atoms with Crippen LogP contribution < -0.4 is 10.5 Å². The molecule has 0 amide bonds. The number of nitrogens with zero attached hydrogens (tertiary/aromatic N) is 4. The molecule has 0 aliphatic rings. The van der Waals surface area contributed by atoms with E-state index in [1.165, 1.54) is 11.3 Å². The molecule has 4 rings (SSSR count). The van der Waals surface area contributed by atoms with Gasteiger partial charge in [-0.15, -0.1) is 16.4 Å². The van der Waals surface area contributed by atoms with E-state index in [0.717, 1.165) is 32.2 Å². The van der Waals surface area contributed by atoms with Crippen LogP contribution in [0.15, 0.2) is 58.4 Å². The molecule has 0 unspecified atom stereocenters. The zero-order valence-corrected chi connectivity index (χ0v) is 16.9. The van der Waals surface area contributed by atoms with Crippen LogP contribution in [0.2, 0.25) is 0 Å². The third-order valence-electron chi connectivity index (χ3n) is 3.94. The molecule has 2 aromatic carbocycles. The normalized spacial score (nSPS) is 10.9. The molecule has 27 heavy (non-hydrogen) atoms. The smallest absolute Gasteiger partial charge is 0.165 e. The summed E-state index contributed by atoms with van der Waals surface area (Å²) in [4.78, 5) is 4.67. The predicted octanol–water partition coefficient (Wildman–Crippen LogP) is 4.80. The molecule has 0 fully saturated rings. The minimum Gasteiger partial charge on any atom is -0.494 e. The SMILES string of the molecule is CCOc1ccc(-n2nnc(-c3nc(-c4ccc(Br)cc4)cs3)c2N)cc1. The van der Waals surface area contributed by atoms with Crippen LogP contribution in [0.25, 0.3) is 27.6 Å². The van der Waals surface area contributed by atoms with Crippen LogP contribution in [0.4, 0.5) is 5.82 Å². The second-order valence-corrected chi connectivity index (χ2v) is 7.48. The van der Waals surface area contributed by atoms with Crippen molar-refractivity contribution >= 4 is 33.1 Å². The van der Waals surface area contributed by atoms with Crippen LogP contribution in [0.3, 0.4) is 0 Å². The zero-order chi connectivity index (χ0) is 18.8. The summed E-state index contributed by atoms with van der Waals surface area (Å²) < 4.78 is 8.10. The molecular weight excluding hydrogens is 426 g/mol. The van der Waals surface area contributed by atoms with E-state index < -0.39 is 0 Å². The molecule has 2 aromatic heterocycles. The topological polar surface area (TPSA) is 78.8 Å². The van der Waals surface area contributed by atoms with Gasteiger partial charge in [0.2, 0.25) is 0 Å². The van der Waals surface area contributed by atoms with Crippen molar-refractivity contribution in [3.63, 3.8) is 0 Å². The summed E-state index contributed by atoms with van der Waals surface area (Å²) in [7, 11) is 0. The Bertz CT molecular complexity index is 1060. The van der Waals surface area contributed by atoms with E-state index in [4.69, 9.17) is 10.5 Å². The van der Waals surface area contributed by atoms with Gasteiger partial charge in [0.25, 0.3) is 0 Å². The largest absolute Gasteiger partial charge is 0.494 e. The van der Waals surface area contributed by atoms with Crippen molar-refractivity contribution in [2.24, 2.45) is 0 Å². The first-order chi connectivity index (χ1) is 13.2. The van der Waals surface area contributed by atoms with Crippen LogP contribution in [0.1, 0.15) is 6.92 Å². The number of ether oxygens (including phenoxy) is 1. The van der Waals surface area contributed by atoms with E-state index in [-0.39, 0.29) is 0 Å². The van der Waals surface area contributed by atoms with Crippen LogP contribution in [-0.4, -0.2) is 26.6 Å². The molecule has 6 nitrogen and oxygen atoms in total. The van der Waals surface area contributed by atoms with Gasteiger partial charge in [-0.1, -0.05) is 33.3 Å². The molecule has 4 aromatic rings. The minimum atomic E-state index is 0.455. The number of hydrogen-bond acceptors (Lipinski definition) is 6. The minimum absolute atomic E-state index is 0.455. The van der Waals surface area contributed by atoms with E-state index in [1.54, 1.807) is 4.68 Å². The van der Waals surface area contributed by atoms with Crippen LogP contribution in [-0.2, 0) is 0 Å². The van der Waals surface area contributed by atoms with Crippen LogP contribution in [0.5, 0.6) is 5.75 Å². The average Bonchev–Trinajstić information content (AvgIpc) is 3.30. The number of halogens is 1. The Morgan fingerprint density at radius 3 is 2.56 bits per heavy atom. The lowest BCUT2D eigenvalue weighted by Crippen LogP contribution is -2.02. The third kappa shape index (κ3) is 3.58. The molecule has 2 N–H and O–H groups in total. The first-order valence-corrected chi connectivity index (χ1v) is 9.99. The summed E-state index contributed by atoms with van der Waals surface area (Å²) in [6.07, 6.45) is 0. The monoisotopic (exact) mass is 441 g/mol. The highest BCUT2D eigenvalue weighted by atomic mass is 79.9. The Morgan fingerprint density at radius 2 is 1.85 bits per heavy atom. The van der Waals surface area contributed by atoms with Crippen molar-refractivity contribution in [3.05, 3.63) is 58.4 Å². The quantitative estimate of drug-likeness (QED) is 0.480. The molecule has 0 saturated heterocycles. The first kappa shape index (κ1) is 17.7. The van der Waals surface area contributed by atoms with E-state index in [9.17, 15) is 0 Å². The highest BCUT2D eigenvalue weighted by molar-refractivity contribution is 9.10. The Hall–Kier alpha value is -2.71. The first-order valence-electron chi connectivity index (χ1n) is 8.32. The Kier molecular flexibility index (Phi) is 4.91. The fraction of sp³-hybridized carbons (Fsp3) is 0.105.